The summed E-state index contributed by atoms with van der Waals surface area (Å²) in [6.07, 6.45) is 18.1. The molecule has 14 nitrogen and oxygen atoms in total. The van der Waals surface area contributed by atoms with Crippen molar-refractivity contribution >= 4 is 35.5 Å². The van der Waals surface area contributed by atoms with E-state index >= 15 is 0 Å². The topological polar surface area (TPSA) is 182 Å². The lowest BCUT2D eigenvalue weighted by molar-refractivity contribution is -0.131. The Morgan fingerprint density at radius 3 is 1.95 bits per heavy atom. The van der Waals surface area contributed by atoms with Crippen LogP contribution < -0.4 is 36.1 Å². The Kier molecular flexibility index (Phi) is 25.7. The molecule has 98 heavy (non-hydrogen) atoms. The summed E-state index contributed by atoms with van der Waals surface area (Å²) in [5.41, 5.74) is 7.68. The van der Waals surface area contributed by atoms with Gasteiger partial charge in [0.25, 0.3) is 0 Å². The van der Waals surface area contributed by atoms with Gasteiger partial charge in [0.1, 0.15) is 30.2 Å². The number of ether oxygens (including phenoxy) is 4. The van der Waals surface area contributed by atoms with E-state index in [9.17, 15) is 24.0 Å². The van der Waals surface area contributed by atoms with Crippen LogP contribution in [0.2, 0.25) is 0 Å². The van der Waals surface area contributed by atoms with Crippen LogP contribution in [0.1, 0.15) is 177 Å². The zero-order valence-electron chi connectivity index (χ0n) is 59.1. The van der Waals surface area contributed by atoms with Crippen molar-refractivity contribution < 1.29 is 42.9 Å². The molecule has 0 aromatic heterocycles. The second kappa shape index (κ2) is 34.6. The minimum absolute atomic E-state index is 0.0579. The molecule has 6 aromatic rings. The molecule has 0 spiro atoms. The molecule has 3 saturated carbocycles. The van der Waals surface area contributed by atoms with Crippen LogP contribution in [0.25, 0.3) is 0 Å². The summed E-state index contributed by atoms with van der Waals surface area (Å²) in [5, 5.41) is 15.9. The Morgan fingerprint density at radius 2 is 1.27 bits per heavy atom. The number of benzene rings is 6. The van der Waals surface area contributed by atoms with Crippen molar-refractivity contribution in [2.24, 2.45) is 46.3 Å². The van der Waals surface area contributed by atoms with Crippen LogP contribution in [0.4, 0.5) is 10.5 Å². The van der Waals surface area contributed by atoms with Gasteiger partial charge < -0.3 is 40.2 Å². The first-order valence-corrected chi connectivity index (χ1v) is 36.5. The summed E-state index contributed by atoms with van der Waals surface area (Å²) in [6.45, 7) is 15.9. The maximum absolute atomic E-state index is 14.7. The van der Waals surface area contributed by atoms with Crippen LogP contribution in [0.5, 0.6) is 11.5 Å². The average Bonchev–Trinajstić information content (AvgIpc) is 1.37. The van der Waals surface area contributed by atoms with E-state index in [1.807, 2.05) is 97.9 Å². The molecular formula is C84H107N5O9. The lowest BCUT2D eigenvalue weighted by Gasteiger charge is -2.58. The molecule has 4 aliphatic rings. The van der Waals surface area contributed by atoms with Gasteiger partial charge in [0.2, 0.25) is 23.6 Å². The number of unbranched alkanes of at least 4 members (excludes halogenated alkanes) is 1. The first-order valence-electron chi connectivity index (χ1n) is 36.5. The number of methoxy groups -OCH3 is 1. The maximum Gasteiger partial charge on any atom is 0.514 e. The lowest BCUT2D eigenvalue weighted by atomic mass is 9.47. The summed E-state index contributed by atoms with van der Waals surface area (Å²) >= 11 is 0. The van der Waals surface area contributed by atoms with Crippen molar-refractivity contribution in [2.45, 2.75) is 187 Å². The van der Waals surface area contributed by atoms with E-state index in [1.54, 1.807) is 49.1 Å². The number of nitrogens with one attached hydrogen (secondary N) is 5. The van der Waals surface area contributed by atoms with Crippen LogP contribution in [0, 0.1) is 53.3 Å². The number of carbonyl (C=O) groups is 5. The number of rotatable bonds is 33. The summed E-state index contributed by atoms with van der Waals surface area (Å²) in [5.74, 6) is 4.28. The van der Waals surface area contributed by atoms with E-state index in [2.05, 4.69) is 104 Å². The van der Waals surface area contributed by atoms with Crippen LogP contribution in [-0.4, -0.2) is 74.8 Å². The molecule has 3 fully saturated rings. The van der Waals surface area contributed by atoms with Crippen LogP contribution >= 0.6 is 0 Å². The van der Waals surface area contributed by atoms with E-state index in [0.717, 1.165) is 81.9 Å². The van der Waals surface area contributed by atoms with Crippen LogP contribution in [0.15, 0.2) is 175 Å². The van der Waals surface area contributed by atoms with Gasteiger partial charge in [-0.2, -0.15) is 0 Å². The highest BCUT2D eigenvalue weighted by Gasteiger charge is 2.59. The van der Waals surface area contributed by atoms with Crippen molar-refractivity contribution in [3.05, 3.63) is 209 Å². The molecule has 10 rings (SSSR count). The Hall–Kier alpha value is -8.07. The Labute approximate surface area is 583 Å². The van der Waals surface area contributed by atoms with Gasteiger partial charge in [0, 0.05) is 38.1 Å². The van der Waals surface area contributed by atoms with E-state index in [1.165, 1.54) is 57.8 Å². The van der Waals surface area contributed by atoms with Gasteiger partial charge >= 0.3 is 6.16 Å². The number of amides is 4. The van der Waals surface area contributed by atoms with E-state index < -0.39 is 41.5 Å². The average molecular weight is 1330 g/mol. The molecule has 0 unspecified atom stereocenters. The van der Waals surface area contributed by atoms with E-state index in [0.29, 0.717) is 61.4 Å². The summed E-state index contributed by atoms with van der Waals surface area (Å²) in [7, 11) is 1.65. The van der Waals surface area contributed by atoms with Gasteiger partial charge in [-0.3, -0.25) is 24.5 Å². The highest BCUT2D eigenvalue weighted by Crippen LogP contribution is 2.67. The van der Waals surface area contributed by atoms with Gasteiger partial charge in [-0.05, 0) is 201 Å². The zero-order chi connectivity index (χ0) is 69.1. The zero-order valence-corrected chi connectivity index (χ0v) is 59.1. The van der Waals surface area contributed by atoms with Crippen LogP contribution in [0.3, 0.4) is 0 Å². The summed E-state index contributed by atoms with van der Waals surface area (Å²) < 4.78 is 22.8. The minimum Gasteiger partial charge on any atom is -0.497 e. The highest BCUT2D eigenvalue weighted by atomic mass is 16.7. The van der Waals surface area contributed by atoms with Gasteiger partial charge in [-0.25, -0.2) is 4.79 Å². The molecule has 0 heterocycles. The van der Waals surface area contributed by atoms with Crippen molar-refractivity contribution in [2.75, 3.05) is 32.1 Å². The molecule has 14 heteroatoms. The second-order valence-corrected chi connectivity index (χ2v) is 29.4. The third-order valence-corrected chi connectivity index (χ3v) is 22.4. The van der Waals surface area contributed by atoms with Gasteiger partial charge in [-0.15, -0.1) is 0 Å². The van der Waals surface area contributed by atoms with Crippen molar-refractivity contribution in [1.29, 1.82) is 0 Å². The summed E-state index contributed by atoms with van der Waals surface area (Å²) in [6, 6.07) is 49.9. The predicted octanol–water partition coefficient (Wildman–Crippen LogP) is 16.3. The number of hydrogen-bond acceptors (Lipinski definition) is 10. The first-order chi connectivity index (χ1) is 47.4. The Bertz CT molecular complexity index is 3530. The van der Waals surface area contributed by atoms with Crippen molar-refractivity contribution in [3.63, 3.8) is 0 Å². The highest BCUT2D eigenvalue weighted by molar-refractivity contribution is 5.98. The first kappa shape index (κ1) is 72.7. The second-order valence-electron chi connectivity index (χ2n) is 29.4. The Morgan fingerprint density at radius 1 is 0.602 bits per heavy atom. The molecule has 0 bridgehead atoms. The molecule has 10 atom stereocenters. The molecule has 4 aliphatic carbocycles. The molecule has 5 N–H and O–H groups in total. The van der Waals surface area contributed by atoms with Crippen molar-refractivity contribution in [3.8, 4) is 11.5 Å². The monoisotopic (exact) mass is 1330 g/mol. The number of aryl methyl sites for hydroxylation is 1. The van der Waals surface area contributed by atoms with Gasteiger partial charge in [0.15, 0.2) is 0 Å². The molecule has 522 valence electrons. The Balaban J connectivity index is 0.733. The molecule has 0 saturated heterocycles. The molecule has 0 radical (unpaired) electrons. The smallest absolute Gasteiger partial charge is 0.497 e. The van der Waals surface area contributed by atoms with Gasteiger partial charge in [0.05, 0.1) is 18.8 Å². The normalized spacial score (nSPS) is 22.0. The molecule has 4 amide bonds. The number of allylic oxidation sites excluding steroid dienone is 1. The summed E-state index contributed by atoms with van der Waals surface area (Å²) in [4.78, 5) is 69.0. The predicted molar refractivity (Wildman–Crippen MR) is 388 cm³/mol. The fraction of sp³-hybridized carbons (Fsp3) is 0.488. The minimum atomic E-state index is -1.07. The quantitative estimate of drug-likeness (QED) is 0.00874. The van der Waals surface area contributed by atoms with Gasteiger partial charge in [-0.1, -0.05) is 198 Å². The molecular weight excluding hydrogens is 1220 g/mol. The fourth-order valence-electron chi connectivity index (χ4n) is 17.1. The number of carbonyl (C=O) groups excluding carboxylic acids is 5. The fourth-order valence-corrected chi connectivity index (χ4v) is 17.1. The number of hydrogen-bond donors (Lipinski definition) is 5. The van der Waals surface area contributed by atoms with Crippen LogP contribution in [-0.2, 0) is 47.2 Å². The third-order valence-electron chi connectivity index (χ3n) is 22.4. The number of fused-ring (bicyclic) bond motifs is 5. The largest absolute Gasteiger partial charge is 0.514 e. The maximum atomic E-state index is 14.7. The number of anilines is 1. The molecule has 6 aromatic carbocycles. The lowest BCUT2D eigenvalue weighted by Crippen LogP contribution is -2.53. The SMILES string of the molecule is COc1ccc(C(NCCCC[C@H](NC(=O)[C@H](Cc2ccccc2)NC(=O)CCC(=O)NCCCO[C@H]2CC[C@@]3(C)C(=CC[C@H]4[C@@H]5CC[C@H]([C@H](C)CCCC(C)C)[C@@]5(C)CC[C@@H]43)C2)C(=O)Nc2ccc(COC(=O)Oc3ccc(C)cc3)cc2)(c2ccccc2)c2ccccc2)cc1. The molecule has 0 aliphatic heterocycles. The van der Waals surface area contributed by atoms with E-state index in [-0.39, 0.29) is 49.7 Å². The van der Waals surface area contributed by atoms with E-state index in [4.69, 9.17) is 18.9 Å². The van der Waals surface area contributed by atoms with Crippen molar-refractivity contribution in [1.82, 2.24) is 21.3 Å². The third kappa shape index (κ3) is 18.6. The standard InChI is InChI=1S/C84H107N5O9/c1-58(2)21-19-22-60(4)72-44-45-73-71-43-36-66-56-70(48-50-82(66,5)74(71)49-51-83(72,73)6)96-54-20-52-85-77(90)46-47-78(91)88-76(55-61-23-11-8-12-24-61)80(93)89-75(79(92)87-67-37-32-62(33-38-67)57-97-81(94)98-69-39-30-59(3)31-40-69)29-17-18-53-86-84(63-25-13-9-14-26-63,64-27-15-10-16-28-64)65-34-41-68(95-7)42-35-65/h8-16,23-28,30-42,58,60,70-76,86H,17-22,29,43-57H2,1-7H3,(H,85,90)(H,87,92)(H,88,91)(H,89,93)/t60-,70+,71+,72-,73+,74+,75+,76+,82+,83-/m1/s1.